The third-order valence-corrected chi connectivity index (χ3v) is 6.24. The van der Waals surface area contributed by atoms with E-state index in [0.717, 1.165) is 25.9 Å². The summed E-state index contributed by atoms with van der Waals surface area (Å²) in [5, 5.41) is 0.576. The van der Waals surface area contributed by atoms with E-state index in [1.54, 1.807) is 59.5 Å². The average molecular weight is 495 g/mol. The fourth-order valence-electron chi connectivity index (χ4n) is 4.12. The normalized spacial score (nSPS) is 15.1. The van der Waals surface area contributed by atoms with Crippen molar-refractivity contribution in [3.8, 4) is 11.5 Å². The fraction of sp³-hybridized carbons (Fsp3) is 0.269. The predicted octanol–water partition coefficient (Wildman–Crippen LogP) is 4.36. The van der Waals surface area contributed by atoms with Gasteiger partial charge in [0.15, 0.2) is 24.8 Å². The van der Waals surface area contributed by atoms with Crippen molar-refractivity contribution in [2.75, 3.05) is 31.2 Å². The number of fused-ring (bicyclic) bond motifs is 1. The summed E-state index contributed by atoms with van der Waals surface area (Å²) >= 11 is 5.88. The fourth-order valence-corrected chi connectivity index (χ4v) is 4.25. The standard InChI is InChI=1S/C26H23ClN2O6/c27-18-4-6-19(7-5-18)33-15-22(30)17-3-9-23-21(13-17)29(25(31)16-34-23)14-20-8-10-24(35-20)26(32)28-11-1-2-12-28/h3-10,13H,1-2,11-12,14-16H2. The van der Waals surface area contributed by atoms with Crippen molar-refractivity contribution in [3.05, 3.63) is 76.7 Å². The number of halogens is 1. The number of amides is 2. The van der Waals surface area contributed by atoms with Crippen LogP contribution >= 0.6 is 11.6 Å². The number of carbonyl (C=O) groups excluding carboxylic acids is 3. The maximum Gasteiger partial charge on any atom is 0.289 e. The largest absolute Gasteiger partial charge is 0.485 e. The Morgan fingerprint density at radius 1 is 1.00 bits per heavy atom. The number of carbonyl (C=O) groups is 3. The van der Waals surface area contributed by atoms with Crippen LogP contribution in [0.3, 0.4) is 0 Å². The molecule has 1 fully saturated rings. The number of nitrogens with zero attached hydrogens (tertiary/aromatic N) is 2. The number of anilines is 1. The molecule has 2 aliphatic rings. The van der Waals surface area contributed by atoms with Gasteiger partial charge in [-0.3, -0.25) is 19.3 Å². The second-order valence-corrected chi connectivity index (χ2v) is 8.82. The van der Waals surface area contributed by atoms with E-state index < -0.39 is 0 Å². The first-order valence-corrected chi connectivity index (χ1v) is 11.7. The molecule has 2 aromatic carbocycles. The SMILES string of the molecule is O=C(COc1ccc(Cl)cc1)c1ccc2c(c1)N(Cc1ccc(C(=O)N3CCCC3)o1)C(=O)CO2. The Labute approximate surface area is 207 Å². The van der Waals surface area contributed by atoms with Crippen LogP contribution in [0.25, 0.3) is 0 Å². The molecule has 0 radical (unpaired) electrons. The third-order valence-electron chi connectivity index (χ3n) is 5.99. The lowest BCUT2D eigenvalue weighted by Crippen LogP contribution is -2.38. The molecule has 0 unspecified atom stereocenters. The van der Waals surface area contributed by atoms with Gasteiger partial charge in [0.1, 0.15) is 17.3 Å². The van der Waals surface area contributed by atoms with Crippen LogP contribution in [0, 0.1) is 0 Å². The van der Waals surface area contributed by atoms with Crippen molar-refractivity contribution in [1.29, 1.82) is 0 Å². The minimum atomic E-state index is -0.275. The Bertz CT molecular complexity index is 1260. The van der Waals surface area contributed by atoms with E-state index in [4.69, 9.17) is 25.5 Å². The summed E-state index contributed by atoms with van der Waals surface area (Å²) in [5.74, 6) is 1.07. The summed E-state index contributed by atoms with van der Waals surface area (Å²) < 4.78 is 16.9. The number of ether oxygens (including phenoxy) is 2. The Morgan fingerprint density at radius 2 is 1.77 bits per heavy atom. The molecule has 0 bridgehead atoms. The molecule has 2 amide bonds. The van der Waals surface area contributed by atoms with Crippen molar-refractivity contribution in [1.82, 2.24) is 4.90 Å². The van der Waals surface area contributed by atoms with Crippen LogP contribution in [0.5, 0.6) is 11.5 Å². The highest BCUT2D eigenvalue weighted by atomic mass is 35.5. The quantitative estimate of drug-likeness (QED) is 0.453. The monoisotopic (exact) mass is 494 g/mol. The summed E-state index contributed by atoms with van der Waals surface area (Å²) in [6.07, 6.45) is 1.98. The van der Waals surface area contributed by atoms with Gasteiger partial charge in [-0.05, 0) is 67.4 Å². The molecule has 2 aliphatic heterocycles. The molecule has 0 spiro atoms. The van der Waals surface area contributed by atoms with Crippen LogP contribution in [-0.2, 0) is 11.3 Å². The lowest BCUT2D eigenvalue weighted by atomic mass is 10.1. The topological polar surface area (TPSA) is 89.3 Å². The summed E-state index contributed by atoms with van der Waals surface area (Å²) in [6, 6.07) is 15.0. The molecule has 0 aliphatic carbocycles. The van der Waals surface area contributed by atoms with Gasteiger partial charge in [0.2, 0.25) is 0 Å². The molecule has 3 aromatic rings. The van der Waals surface area contributed by atoms with Gasteiger partial charge in [-0.25, -0.2) is 0 Å². The van der Waals surface area contributed by atoms with Crippen molar-refractivity contribution in [3.63, 3.8) is 0 Å². The molecule has 1 saturated heterocycles. The van der Waals surface area contributed by atoms with Crippen LogP contribution in [-0.4, -0.2) is 48.8 Å². The highest BCUT2D eigenvalue weighted by Gasteiger charge is 2.29. The van der Waals surface area contributed by atoms with Gasteiger partial charge < -0.3 is 18.8 Å². The molecule has 3 heterocycles. The number of likely N-dealkylation sites (tertiary alicyclic amines) is 1. The molecule has 0 saturated carbocycles. The molecule has 9 heteroatoms. The van der Waals surface area contributed by atoms with E-state index >= 15 is 0 Å². The van der Waals surface area contributed by atoms with Gasteiger partial charge in [0.05, 0.1) is 12.2 Å². The van der Waals surface area contributed by atoms with E-state index in [9.17, 15) is 14.4 Å². The van der Waals surface area contributed by atoms with Crippen molar-refractivity contribution in [2.45, 2.75) is 19.4 Å². The van der Waals surface area contributed by atoms with Gasteiger partial charge >= 0.3 is 0 Å². The number of hydrogen-bond acceptors (Lipinski definition) is 6. The molecule has 0 atom stereocenters. The molecule has 8 nitrogen and oxygen atoms in total. The highest BCUT2D eigenvalue weighted by Crippen LogP contribution is 2.34. The van der Waals surface area contributed by atoms with E-state index in [1.807, 2.05) is 0 Å². The van der Waals surface area contributed by atoms with E-state index in [-0.39, 0.29) is 43.1 Å². The Morgan fingerprint density at radius 3 is 2.54 bits per heavy atom. The van der Waals surface area contributed by atoms with Crippen LogP contribution in [0.1, 0.15) is 39.5 Å². The van der Waals surface area contributed by atoms with Crippen molar-refractivity contribution < 1.29 is 28.3 Å². The van der Waals surface area contributed by atoms with E-state index in [2.05, 4.69) is 0 Å². The molecule has 5 rings (SSSR count). The van der Waals surface area contributed by atoms with Gasteiger partial charge in [0, 0.05) is 23.7 Å². The summed E-state index contributed by atoms with van der Waals surface area (Å²) in [6.45, 7) is 1.27. The zero-order chi connectivity index (χ0) is 24.4. The second kappa shape index (κ2) is 9.84. The summed E-state index contributed by atoms with van der Waals surface area (Å²) in [5.41, 5.74) is 0.841. The summed E-state index contributed by atoms with van der Waals surface area (Å²) in [4.78, 5) is 41.3. The number of hydrogen-bond donors (Lipinski definition) is 0. The summed E-state index contributed by atoms with van der Waals surface area (Å²) in [7, 11) is 0. The van der Waals surface area contributed by atoms with E-state index in [0.29, 0.717) is 33.5 Å². The van der Waals surface area contributed by atoms with Gasteiger partial charge in [-0.2, -0.15) is 0 Å². The lowest BCUT2D eigenvalue weighted by molar-refractivity contribution is -0.121. The Hall–Kier alpha value is -3.78. The second-order valence-electron chi connectivity index (χ2n) is 8.38. The molecule has 0 N–H and O–H groups in total. The van der Waals surface area contributed by atoms with Crippen LogP contribution in [0.2, 0.25) is 5.02 Å². The zero-order valence-electron chi connectivity index (χ0n) is 18.9. The van der Waals surface area contributed by atoms with Gasteiger partial charge in [-0.15, -0.1) is 0 Å². The third kappa shape index (κ3) is 5.02. The molecule has 180 valence electrons. The number of Topliss-reactive ketones (excluding diaryl/α,β-unsaturated/α-hetero) is 1. The molecule has 1 aromatic heterocycles. The maximum atomic E-state index is 12.8. The maximum absolute atomic E-state index is 12.8. The first kappa shape index (κ1) is 23.0. The predicted molar refractivity (Wildman–Crippen MR) is 128 cm³/mol. The Kier molecular flexibility index (Phi) is 6.46. The first-order chi connectivity index (χ1) is 17.0. The zero-order valence-corrected chi connectivity index (χ0v) is 19.6. The number of furan rings is 1. The van der Waals surface area contributed by atoms with Gasteiger partial charge in [0.25, 0.3) is 11.8 Å². The highest BCUT2D eigenvalue weighted by molar-refractivity contribution is 6.30. The van der Waals surface area contributed by atoms with Crippen molar-refractivity contribution in [2.24, 2.45) is 0 Å². The molecular weight excluding hydrogens is 472 g/mol. The van der Waals surface area contributed by atoms with Crippen LogP contribution < -0.4 is 14.4 Å². The van der Waals surface area contributed by atoms with Crippen LogP contribution in [0.15, 0.2) is 59.0 Å². The smallest absolute Gasteiger partial charge is 0.289 e. The van der Waals surface area contributed by atoms with Crippen LogP contribution in [0.4, 0.5) is 5.69 Å². The number of rotatable bonds is 7. The Balaban J connectivity index is 1.31. The lowest BCUT2D eigenvalue weighted by Gasteiger charge is -2.29. The first-order valence-electron chi connectivity index (χ1n) is 11.3. The minimum absolute atomic E-state index is 0.112. The minimum Gasteiger partial charge on any atom is -0.485 e. The number of ketones is 1. The van der Waals surface area contributed by atoms with E-state index in [1.165, 1.54) is 4.90 Å². The van der Waals surface area contributed by atoms with Gasteiger partial charge in [-0.1, -0.05) is 11.6 Å². The van der Waals surface area contributed by atoms with Crippen molar-refractivity contribution >= 4 is 34.9 Å². The molecule has 35 heavy (non-hydrogen) atoms. The average Bonchev–Trinajstić information content (AvgIpc) is 3.57. The number of benzene rings is 2. The molecular formula is C26H23ClN2O6.